The molecule has 0 spiro atoms. The Morgan fingerprint density at radius 2 is 1.85 bits per heavy atom. The second-order valence-corrected chi connectivity index (χ2v) is 8.30. The molecule has 0 atom stereocenters. The summed E-state index contributed by atoms with van der Waals surface area (Å²) in [6, 6.07) is 9.41. The molecule has 2 aromatic rings. The Labute approximate surface area is 159 Å². The summed E-state index contributed by atoms with van der Waals surface area (Å²) in [6.45, 7) is 5.87. The van der Waals surface area contributed by atoms with Crippen molar-refractivity contribution in [2.75, 3.05) is 0 Å². The molecule has 4 heteroatoms. The SMILES string of the molecule is C#CCc1ccc(Cc2cc(C(=O)C(C)(C)CC)ccc2CC(=O)O)s1. The third kappa shape index (κ3) is 4.83. The van der Waals surface area contributed by atoms with Crippen molar-refractivity contribution in [1.82, 2.24) is 0 Å². The van der Waals surface area contributed by atoms with Crippen LogP contribution in [0.3, 0.4) is 0 Å². The smallest absolute Gasteiger partial charge is 0.307 e. The lowest BCUT2D eigenvalue weighted by Gasteiger charge is -2.21. The number of rotatable bonds is 8. The molecule has 2 rings (SSSR count). The quantitative estimate of drug-likeness (QED) is 0.540. The molecule has 1 aromatic heterocycles. The predicted octanol–water partition coefficient (Wildman–Crippen LogP) is 4.76. The Hall–Kier alpha value is -2.38. The Kier molecular flexibility index (Phi) is 6.39. The number of hydrogen-bond acceptors (Lipinski definition) is 3. The lowest BCUT2D eigenvalue weighted by molar-refractivity contribution is -0.136. The van der Waals surface area contributed by atoms with Gasteiger partial charge in [0.1, 0.15) is 0 Å². The molecule has 0 fully saturated rings. The topological polar surface area (TPSA) is 54.4 Å². The van der Waals surface area contributed by atoms with E-state index in [4.69, 9.17) is 6.42 Å². The maximum atomic E-state index is 12.8. The number of benzene rings is 1. The molecular formula is C22H24O3S. The molecule has 0 aliphatic carbocycles. The van der Waals surface area contributed by atoms with Crippen LogP contribution in [0.5, 0.6) is 0 Å². The molecule has 0 radical (unpaired) electrons. The summed E-state index contributed by atoms with van der Waals surface area (Å²) in [5, 5.41) is 9.19. The zero-order valence-corrected chi connectivity index (χ0v) is 16.3. The molecule has 26 heavy (non-hydrogen) atoms. The van der Waals surface area contributed by atoms with E-state index in [-0.39, 0.29) is 12.2 Å². The fourth-order valence-corrected chi connectivity index (χ4v) is 3.71. The van der Waals surface area contributed by atoms with E-state index in [0.29, 0.717) is 18.4 Å². The Morgan fingerprint density at radius 3 is 2.46 bits per heavy atom. The third-order valence-electron chi connectivity index (χ3n) is 4.67. The number of carboxylic acid groups (broad SMARTS) is 1. The summed E-state index contributed by atoms with van der Waals surface area (Å²) in [4.78, 5) is 26.2. The van der Waals surface area contributed by atoms with Gasteiger partial charge in [-0.2, -0.15) is 0 Å². The fraction of sp³-hybridized carbons (Fsp3) is 0.364. The average molecular weight is 368 g/mol. The molecule has 0 saturated carbocycles. The first kappa shape index (κ1) is 19.9. The molecule has 1 heterocycles. The highest BCUT2D eigenvalue weighted by Crippen LogP contribution is 2.28. The highest BCUT2D eigenvalue weighted by Gasteiger charge is 2.27. The van der Waals surface area contributed by atoms with Gasteiger partial charge in [-0.25, -0.2) is 0 Å². The molecule has 0 amide bonds. The lowest BCUT2D eigenvalue weighted by atomic mass is 9.81. The summed E-state index contributed by atoms with van der Waals surface area (Å²) >= 11 is 1.63. The first-order valence-electron chi connectivity index (χ1n) is 8.66. The van der Waals surface area contributed by atoms with Gasteiger partial charge in [-0.3, -0.25) is 9.59 Å². The number of hydrogen-bond donors (Lipinski definition) is 1. The van der Waals surface area contributed by atoms with Crippen LogP contribution in [0.2, 0.25) is 0 Å². The summed E-state index contributed by atoms with van der Waals surface area (Å²) in [5.74, 6) is 1.84. The molecule has 0 saturated heterocycles. The molecule has 3 nitrogen and oxygen atoms in total. The van der Waals surface area contributed by atoms with Crippen molar-refractivity contribution in [2.45, 2.75) is 46.5 Å². The van der Waals surface area contributed by atoms with Crippen molar-refractivity contribution in [3.05, 3.63) is 56.8 Å². The van der Waals surface area contributed by atoms with Gasteiger partial charge in [0.2, 0.25) is 0 Å². The molecular weight excluding hydrogens is 344 g/mol. The van der Waals surface area contributed by atoms with Crippen molar-refractivity contribution in [3.8, 4) is 12.3 Å². The number of terminal acetylenes is 1. The van der Waals surface area contributed by atoms with Crippen molar-refractivity contribution >= 4 is 23.1 Å². The van der Waals surface area contributed by atoms with E-state index in [2.05, 4.69) is 5.92 Å². The monoisotopic (exact) mass is 368 g/mol. The van der Waals surface area contributed by atoms with Crippen LogP contribution < -0.4 is 0 Å². The van der Waals surface area contributed by atoms with Crippen LogP contribution in [-0.2, 0) is 24.1 Å². The minimum atomic E-state index is -0.876. The molecule has 0 aliphatic heterocycles. The van der Waals surface area contributed by atoms with Gasteiger partial charge in [0.15, 0.2) is 5.78 Å². The minimum absolute atomic E-state index is 0.0520. The second kappa shape index (κ2) is 8.33. The highest BCUT2D eigenvalue weighted by atomic mass is 32.1. The van der Waals surface area contributed by atoms with Crippen LogP contribution in [0, 0.1) is 17.8 Å². The van der Waals surface area contributed by atoms with Crippen LogP contribution in [0.1, 0.15) is 58.4 Å². The van der Waals surface area contributed by atoms with E-state index < -0.39 is 11.4 Å². The van der Waals surface area contributed by atoms with Gasteiger partial charge in [0, 0.05) is 33.6 Å². The van der Waals surface area contributed by atoms with E-state index in [9.17, 15) is 14.7 Å². The van der Waals surface area contributed by atoms with Crippen LogP contribution in [-0.4, -0.2) is 16.9 Å². The second-order valence-electron chi connectivity index (χ2n) is 7.05. The Bertz CT molecular complexity index is 853. The Morgan fingerprint density at radius 1 is 1.15 bits per heavy atom. The van der Waals surface area contributed by atoms with Crippen molar-refractivity contribution < 1.29 is 14.7 Å². The summed E-state index contributed by atoms with van der Waals surface area (Å²) in [5.41, 5.74) is 1.84. The van der Waals surface area contributed by atoms with Crippen molar-refractivity contribution in [2.24, 2.45) is 5.41 Å². The van der Waals surface area contributed by atoms with Gasteiger partial charge in [-0.15, -0.1) is 23.7 Å². The summed E-state index contributed by atoms with van der Waals surface area (Å²) < 4.78 is 0. The van der Waals surface area contributed by atoms with E-state index in [1.165, 1.54) is 0 Å². The standard InChI is InChI=1S/C22H24O3S/c1-5-7-18-10-11-19(26-18)13-17-12-16(21(25)22(3,4)6-2)9-8-15(17)14-20(23)24/h1,8-12H,6-7,13-14H2,2-4H3,(H,23,24). The number of thiophene rings is 1. The molecule has 0 aliphatic rings. The first-order valence-corrected chi connectivity index (χ1v) is 9.48. The number of carbonyl (C=O) groups excluding carboxylic acids is 1. The maximum Gasteiger partial charge on any atom is 0.307 e. The van der Waals surface area contributed by atoms with Gasteiger partial charge in [0.25, 0.3) is 0 Å². The zero-order chi connectivity index (χ0) is 19.3. The zero-order valence-electron chi connectivity index (χ0n) is 15.5. The normalized spacial score (nSPS) is 11.2. The largest absolute Gasteiger partial charge is 0.481 e. The number of carboxylic acids is 1. The van der Waals surface area contributed by atoms with Gasteiger partial charge >= 0.3 is 5.97 Å². The van der Waals surface area contributed by atoms with E-state index >= 15 is 0 Å². The number of ketones is 1. The molecule has 136 valence electrons. The first-order chi connectivity index (χ1) is 12.3. The van der Waals surface area contributed by atoms with Crippen molar-refractivity contribution in [3.63, 3.8) is 0 Å². The molecule has 1 N–H and O–H groups in total. The van der Waals surface area contributed by atoms with Gasteiger partial charge in [-0.05, 0) is 35.7 Å². The number of aliphatic carboxylic acids is 1. The van der Waals surface area contributed by atoms with Crippen LogP contribution in [0.4, 0.5) is 0 Å². The van der Waals surface area contributed by atoms with Crippen LogP contribution in [0.15, 0.2) is 30.3 Å². The Balaban J connectivity index is 2.39. The molecule has 0 unspecified atom stereocenters. The maximum absolute atomic E-state index is 12.8. The fourth-order valence-electron chi connectivity index (χ4n) is 2.72. The predicted molar refractivity (Wildman–Crippen MR) is 106 cm³/mol. The van der Waals surface area contributed by atoms with Gasteiger partial charge in [0.05, 0.1) is 6.42 Å². The number of carbonyl (C=O) groups is 2. The molecule has 1 aromatic carbocycles. The third-order valence-corrected chi connectivity index (χ3v) is 5.75. The molecule has 0 bridgehead atoms. The summed E-state index contributed by atoms with van der Waals surface area (Å²) in [7, 11) is 0. The van der Waals surface area contributed by atoms with Crippen LogP contribution >= 0.6 is 11.3 Å². The van der Waals surface area contributed by atoms with E-state index in [1.54, 1.807) is 23.5 Å². The van der Waals surface area contributed by atoms with Gasteiger partial charge < -0.3 is 5.11 Å². The summed E-state index contributed by atoms with van der Waals surface area (Å²) in [6.07, 6.45) is 7.25. The van der Waals surface area contributed by atoms with Crippen molar-refractivity contribution in [1.29, 1.82) is 0 Å². The number of Topliss-reactive ketones (excluding diaryl/α,β-unsaturated/α-hetero) is 1. The van der Waals surface area contributed by atoms with Gasteiger partial charge in [-0.1, -0.05) is 32.9 Å². The van der Waals surface area contributed by atoms with E-state index in [0.717, 1.165) is 27.3 Å². The van der Waals surface area contributed by atoms with Crippen LogP contribution in [0.25, 0.3) is 0 Å². The highest BCUT2D eigenvalue weighted by molar-refractivity contribution is 7.12. The lowest BCUT2D eigenvalue weighted by Crippen LogP contribution is -2.23. The average Bonchev–Trinajstić information content (AvgIpc) is 3.02. The van der Waals surface area contributed by atoms with E-state index in [1.807, 2.05) is 39.0 Å². The minimum Gasteiger partial charge on any atom is -0.481 e.